The lowest BCUT2D eigenvalue weighted by Crippen LogP contribution is -2.06. The standard InChI is InChI=1S/C8H3BrN4O2/c9-6-4(3-10)7-11-2-1-5(8(14)15)13(7)12-6/h1-2H,(H,14,15). The Morgan fingerprint density at radius 2 is 2.40 bits per heavy atom. The lowest BCUT2D eigenvalue weighted by molar-refractivity contribution is 0.0687. The number of nitrogens with zero attached hydrogens (tertiary/aromatic N) is 4. The molecule has 2 aromatic rings. The van der Waals surface area contributed by atoms with Crippen molar-refractivity contribution in [2.45, 2.75) is 0 Å². The van der Waals surface area contributed by atoms with Crippen molar-refractivity contribution in [1.29, 1.82) is 5.26 Å². The van der Waals surface area contributed by atoms with Crippen LogP contribution in [0.25, 0.3) is 5.65 Å². The zero-order valence-corrected chi connectivity index (χ0v) is 8.76. The Morgan fingerprint density at radius 1 is 1.67 bits per heavy atom. The van der Waals surface area contributed by atoms with Crippen LogP contribution in [-0.2, 0) is 0 Å². The highest BCUT2D eigenvalue weighted by atomic mass is 79.9. The van der Waals surface area contributed by atoms with Gasteiger partial charge in [0, 0.05) is 6.20 Å². The van der Waals surface area contributed by atoms with Gasteiger partial charge >= 0.3 is 5.97 Å². The largest absolute Gasteiger partial charge is 0.477 e. The van der Waals surface area contributed by atoms with Gasteiger partial charge in [0.05, 0.1) is 0 Å². The number of carboxylic acids is 1. The molecule has 0 saturated heterocycles. The predicted octanol–water partition coefficient (Wildman–Crippen LogP) is 1.06. The number of aromatic nitrogens is 3. The van der Waals surface area contributed by atoms with Crippen molar-refractivity contribution in [2.24, 2.45) is 0 Å². The Bertz CT molecular complexity index is 598. The molecule has 0 fully saturated rings. The molecule has 7 heteroatoms. The van der Waals surface area contributed by atoms with Gasteiger partial charge in [0.25, 0.3) is 0 Å². The summed E-state index contributed by atoms with van der Waals surface area (Å²) in [5.74, 6) is -1.12. The van der Waals surface area contributed by atoms with Crippen molar-refractivity contribution in [3.63, 3.8) is 0 Å². The van der Waals surface area contributed by atoms with Crippen LogP contribution in [0.3, 0.4) is 0 Å². The van der Waals surface area contributed by atoms with E-state index < -0.39 is 5.97 Å². The lowest BCUT2D eigenvalue weighted by Gasteiger charge is -1.96. The monoisotopic (exact) mass is 266 g/mol. The van der Waals surface area contributed by atoms with Crippen LogP contribution in [0.1, 0.15) is 16.1 Å². The molecule has 2 heterocycles. The van der Waals surface area contributed by atoms with E-state index in [-0.39, 0.29) is 21.5 Å². The fourth-order valence-corrected chi connectivity index (χ4v) is 1.60. The molecule has 0 saturated carbocycles. The molecule has 0 aliphatic carbocycles. The van der Waals surface area contributed by atoms with Gasteiger partial charge in [-0.2, -0.15) is 10.4 Å². The summed E-state index contributed by atoms with van der Waals surface area (Å²) in [6, 6.07) is 3.21. The average molecular weight is 267 g/mol. The number of carbonyl (C=O) groups is 1. The second-order valence-corrected chi connectivity index (χ2v) is 3.40. The molecule has 15 heavy (non-hydrogen) atoms. The minimum atomic E-state index is -1.12. The maximum atomic E-state index is 10.8. The van der Waals surface area contributed by atoms with E-state index in [0.29, 0.717) is 0 Å². The number of carboxylic acid groups (broad SMARTS) is 1. The van der Waals surface area contributed by atoms with Crippen molar-refractivity contribution < 1.29 is 9.90 Å². The summed E-state index contributed by atoms with van der Waals surface area (Å²) in [5, 5.41) is 21.6. The molecule has 0 atom stereocenters. The van der Waals surface area contributed by atoms with Gasteiger partial charge in [0.2, 0.25) is 0 Å². The maximum Gasteiger partial charge on any atom is 0.354 e. The highest BCUT2D eigenvalue weighted by Gasteiger charge is 2.16. The van der Waals surface area contributed by atoms with Gasteiger partial charge in [-0.1, -0.05) is 0 Å². The molecule has 74 valence electrons. The maximum absolute atomic E-state index is 10.8. The van der Waals surface area contributed by atoms with Gasteiger partial charge in [-0.25, -0.2) is 14.3 Å². The Morgan fingerprint density at radius 3 is 3.00 bits per heavy atom. The fourth-order valence-electron chi connectivity index (χ4n) is 1.18. The number of rotatable bonds is 1. The minimum absolute atomic E-state index is 0.0396. The van der Waals surface area contributed by atoms with Crippen LogP contribution in [0.15, 0.2) is 16.9 Å². The van der Waals surface area contributed by atoms with E-state index >= 15 is 0 Å². The van der Waals surface area contributed by atoms with E-state index in [4.69, 9.17) is 10.4 Å². The molecule has 0 aliphatic rings. The summed E-state index contributed by atoms with van der Waals surface area (Å²) in [6.45, 7) is 0. The number of halogens is 1. The summed E-state index contributed by atoms with van der Waals surface area (Å²) in [4.78, 5) is 14.7. The first-order valence-electron chi connectivity index (χ1n) is 3.81. The van der Waals surface area contributed by atoms with Crippen LogP contribution >= 0.6 is 15.9 Å². The van der Waals surface area contributed by atoms with E-state index in [0.717, 1.165) is 4.52 Å². The van der Waals surface area contributed by atoms with Crippen molar-refractivity contribution in [2.75, 3.05) is 0 Å². The van der Waals surface area contributed by atoms with Gasteiger partial charge in [0.1, 0.15) is 16.2 Å². The molecule has 0 spiro atoms. The number of nitriles is 1. The molecule has 0 radical (unpaired) electrons. The summed E-state index contributed by atoms with van der Waals surface area (Å²) in [7, 11) is 0. The molecule has 6 nitrogen and oxygen atoms in total. The van der Waals surface area contributed by atoms with Gasteiger partial charge in [-0.3, -0.25) is 0 Å². The first-order chi connectivity index (χ1) is 7.15. The molecular formula is C8H3BrN4O2. The summed E-state index contributed by atoms with van der Waals surface area (Å²) < 4.78 is 1.40. The molecule has 1 N–H and O–H groups in total. The molecule has 0 aromatic carbocycles. The van der Waals surface area contributed by atoms with Crippen LogP contribution < -0.4 is 0 Å². The third kappa shape index (κ3) is 1.35. The minimum Gasteiger partial charge on any atom is -0.477 e. The van der Waals surface area contributed by atoms with Crippen LogP contribution in [0.2, 0.25) is 0 Å². The van der Waals surface area contributed by atoms with Crippen molar-refractivity contribution in [1.82, 2.24) is 14.6 Å². The zero-order chi connectivity index (χ0) is 11.0. The van der Waals surface area contributed by atoms with Crippen LogP contribution in [0.5, 0.6) is 0 Å². The van der Waals surface area contributed by atoms with E-state index in [9.17, 15) is 4.79 Å². The Hall–Kier alpha value is -1.94. The Balaban J connectivity index is 2.91. The van der Waals surface area contributed by atoms with Crippen molar-refractivity contribution >= 4 is 27.5 Å². The number of hydrogen-bond acceptors (Lipinski definition) is 4. The molecule has 2 aromatic heterocycles. The van der Waals surface area contributed by atoms with Crippen LogP contribution in [0.4, 0.5) is 0 Å². The van der Waals surface area contributed by atoms with E-state index in [1.807, 2.05) is 6.07 Å². The topological polar surface area (TPSA) is 91.3 Å². The summed E-state index contributed by atoms with van der Waals surface area (Å²) >= 11 is 3.07. The predicted molar refractivity (Wildman–Crippen MR) is 52.4 cm³/mol. The SMILES string of the molecule is N#Cc1c(Br)nn2c(C(=O)O)ccnc12. The third-order valence-electron chi connectivity index (χ3n) is 1.81. The van der Waals surface area contributed by atoms with E-state index in [1.165, 1.54) is 12.3 Å². The second-order valence-electron chi connectivity index (χ2n) is 2.65. The molecular weight excluding hydrogens is 264 g/mol. The fraction of sp³-hybridized carbons (Fsp3) is 0. The second kappa shape index (κ2) is 3.33. The average Bonchev–Trinajstić information content (AvgIpc) is 2.52. The summed E-state index contributed by atoms with van der Waals surface area (Å²) in [5.41, 5.74) is 0.407. The van der Waals surface area contributed by atoms with Crippen LogP contribution in [0, 0.1) is 11.3 Å². The first-order valence-corrected chi connectivity index (χ1v) is 4.61. The highest BCUT2D eigenvalue weighted by Crippen LogP contribution is 2.19. The van der Waals surface area contributed by atoms with Gasteiger partial charge in [-0.05, 0) is 22.0 Å². The molecule has 0 aliphatic heterocycles. The highest BCUT2D eigenvalue weighted by molar-refractivity contribution is 9.10. The Labute approximate surface area is 91.9 Å². The number of fused-ring (bicyclic) bond motifs is 1. The smallest absolute Gasteiger partial charge is 0.354 e. The quantitative estimate of drug-likeness (QED) is 0.834. The zero-order valence-electron chi connectivity index (χ0n) is 7.18. The van der Waals surface area contributed by atoms with E-state index in [2.05, 4.69) is 26.0 Å². The van der Waals surface area contributed by atoms with Crippen molar-refractivity contribution in [3.8, 4) is 6.07 Å². The number of hydrogen-bond donors (Lipinski definition) is 1. The van der Waals surface area contributed by atoms with E-state index in [1.54, 1.807) is 0 Å². The third-order valence-corrected chi connectivity index (χ3v) is 2.36. The first kappa shape index (κ1) is 9.61. The number of aromatic carboxylic acids is 1. The van der Waals surface area contributed by atoms with Crippen LogP contribution in [-0.4, -0.2) is 25.7 Å². The van der Waals surface area contributed by atoms with Crippen molar-refractivity contribution in [3.05, 3.63) is 28.1 Å². The molecule has 0 unspecified atom stereocenters. The summed E-state index contributed by atoms with van der Waals surface area (Å²) in [6.07, 6.45) is 1.33. The molecule has 0 bridgehead atoms. The molecule has 2 rings (SSSR count). The van der Waals surface area contributed by atoms with Gasteiger partial charge < -0.3 is 5.11 Å². The lowest BCUT2D eigenvalue weighted by atomic mass is 10.3. The normalized spacial score (nSPS) is 10.1. The van der Waals surface area contributed by atoms with Gasteiger partial charge in [-0.15, -0.1) is 0 Å². The molecule has 0 amide bonds. The Kier molecular flexibility index (Phi) is 2.13. The van der Waals surface area contributed by atoms with Gasteiger partial charge in [0.15, 0.2) is 11.3 Å².